The summed E-state index contributed by atoms with van der Waals surface area (Å²) in [4.78, 5) is 12.2. The van der Waals surface area contributed by atoms with Gasteiger partial charge in [-0.3, -0.25) is 9.97 Å². The van der Waals surface area contributed by atoms with Crippen LogP contribution < -0.4 is 10.6 Å². The topological polar surface area (TPSA) is 25.8 Å². The van der Waals surface area contributed by atoms with Crippen LogP contribution in [0.2, 0.25) is 13.1 Å². The van der Waals surface area contributed by atoms with Crippen molar-refractivity contribution in [3.8, 4) is 9.75 Å². The summed E-state index contributed by atoms with van der Waals surface area (Å²) in [7, 11) is -1.54. The molecule has 0 amide bonds. The van der Waals surface area contributed by atoms with Crippen LogP contribution in [0.3, 0.4) is 0 Å². The van der Waals surface area contributed by atoms with E-state index in [0.29, 0.717) is 0 Å². The largest absolute Gasteiger partial charge is 0.250 e. The lowest BCUT2D eigenvalue weighted by Crippen LogP contribution is -2.51. The Morgan fingerprint density at radius 3 is 1.67 bits per heavy atom. The minimum Gasteiger partial charge on any atom is -0.250 e. The van der Waals surface area contributed by atoms with Gasteiger partial charge in [-0.2, -0.15) is 0 Å². The molecule has 5 heteroatoms. The van der Waals surface area contributed by atoms with Crippen molar-refractivity contribution < 1.29 is 0 Å². The molecular weight excluding hydrogens is 240 g/mol. The van der Waals surface area contributed by atoms with E-state index in [9.17, 15) is 0 Å². The predicted octanol–water partition coefficient (Wildman–Crippen LogP) is 2.02. The monoisotopic (exact) mass is 252 g/mol. The van der Waals surface area contributed by atoms with E-state index in [1.807, 2.05) is 22.7 Å². The Morgan fingerprint density at radius 1 is 0.867 bits per heavy atom. The number of aromatic nitrogens is 2. The van der Waals surface area contributed by atoms with Crippen LogP contribution in [0.1, 0.15) is 10.0 Å². The summed E-state index contributed by atoms with van der Waals surface area (Å²) in [5.41, 5.74) is 0. The van der Waals surface area contributed by atoms with Gasteiger partial charge in [-0.25, -0.2) is 0 Å². The zero-order chi connectivity index (χ0) is 10.8. The summed E-state index contributed by atoms with van der Waals surface area (Å²) in [6.45, 7) is 8.91. The van der Waals surface area contributed by atoms with Crippen LogP contribution in [0, 0.1) is 13.8 Å². The van der Waals surface area contributed by atoms with Crippen LogP contribution in [0.15, 0.2) is 0 Å². The maximum Gasteiger partial charge on any atom is 0.162 e. The Morgan fingerprint density at radius 2 is 1.27 bits per heavy atom. The van der Waals surface area contributed by atoms with E-state index in [1.54, 1.807) is 0 Å². The second-order valence-electron chi connectivity index (χ2n) is 4.45. The third-order valence-corrected chi connectivity index (χ3v) is 8.42. The van der Waals surface area contributed by atoms with Crippen molar-refractivity contribution in [1.29, 1.82) is 0 Å². The van der Waals surface area contributed by atoms with Crippen molar-refractivity contribution in [2.75, 3.05) is 0 Å². The highest BCUT2D eigenvalue weighted by molar-refractivity contribution is 7.28. The first-order valence-corrected chi connectivity index (χ1v) is 9.59. The number of nitrogens with zero attached hydrogens (tertiary/aromatic N) is 2. The molecule has 0 saturated heterocycles. The van der Waals surface area contributed by atoms with Gasteiger partial charge in [-0.1, -0.05) is 13.1 Å². The van der Waals surface area contributed by atoms with E-state index < -0.39 is 8.07 Å². The highest BCUT2D eigenvalue weighted by Gasteiger charge is 2.43. The minimum absolute atomic E-state index is 1.19. The first-order valence-electron chi connectivity index (χ1n) is 4.96. The van der Waals surface area contributed by atoms with Crippen LogP contribution in [0.4, 0.5) is 0 Å². The highest BCUT2D eigenvalue weighted by atomic mass is 32.1. The zero-order valence-electron chi connectivity index (χ0n) is 9.21. The van der Waals surface area contributed by atoms with E-state index in [1.165, 1.54) is 30.4 Å². The fourth-order valence-corrected chi connectivity index (χ4v) is 8.58. The standard InChI is InChI=1S/C10H12N2S2Si/c1-5-11-9-7(13-5)8-10(15(9,3)4)12-6(2)14-8/h1-4H3. The molecule has 1 aliphatic rings. The van der Waals surface area contributed by atoms with Crippen LogP contribution in [0.5, 0.6) is 0 Å². The Bertz CT molecular complexity index is 506. The second kappa shape index (κ2) is 2.78. The maximum atomic E-state index is 4.71. The van der Waals surface area contributed by atoms with Gasteiger partial charge in [0.15, 0.2) is 8.07 Å². The Hall–Kier alpha value is -0.523. The lowest BCUT2D eigenvalue weighted by Gasteiger charge is -2.12. The van der Waals surface area contributed by atoms with E-state index in [4.69, 9.17) is 9.97 Å². The summed E-state index contributed by atoms with van der Waals surface area (Å²) in [5, 5.41) is 5.10. The van der Waals surface area contributed by atoms with E-state index >= 15 is 0 Å². The molecule has 3 heterocycles. The van der Waals surface area contributed by atoms with Crippen molar-refractivity contribution in [3.05, 3.63) is 10.0 Å². The molecule has 0 bridgehead atoms. The number of hydrogen-bond acceptors (Lipinski definition) is 4. The van der Waals surface area contributed by atoms with Gasteiger partial charge in [-0.05, 0) is 13.8 Å². The molecule has 0 atom stereocenters. The van der Waals surface area contributed by atoms with Crippen LogP contribution >= 0.6 is 22.7 Å². The van der Waals surface area contributed by atoms with Crippen LogP contribution in [-0.2, 0) is 0 Å². The molecule has 15 heavy (non-hydrogen) atoms. The maximum absolute atomic E-state index is 4.71. The van der Waals surface area contributed by atoms with Crippen molar-refractivity contribution in [2.45, 2.75) is 26.9 Å². The van der Waals surface area contributed by atoms with Gasteiger partial charge in [0.05, 0.1) is 30.4 Å². The van der Waals surface area contributed by atoms with E-state index in [2.05, 4.69) is 26.9 Å². The van der Waals surface area contributed by atoms with Gasteiger partial charge < -0.3 is 0 Å². The molecular formula is C10H12N2S2Si. The molecule has 2 aromatic rings. The smallest absolute Gasteiger partial charge is 0.162 e. The molecule has 0 unspecified atom stereocenters. The molecule has 0 radical (unpaired) electrons. The van der Waals surface area contributed by atoms with E-state index in [-0.39, 0.29) is 0 Å². The summed E-state index contributed by atoms with van der Waals surface area (Å²) < 4.78 is 0. The average molecular weight is 252 g/mol. The molecule has 0 spiro atoms. The van der Waals surface area contributed by atoms with Crippen LogP contribution in [0.25, 0.3) is 9.75 Å². The Balaban J connectivity index is 2.38. The van der Waals surface area contributed by atoms with Crippen LogP contribution in [-0.4, -0.2) is 18.0 Å². The molecule has 78 valence electrons. The molecule has 0 saturated carbocycles. The van der Waals surface area contributed by atoms with Gasteiger partial charge in [-0.15, -0.1) is 22.7 Å². The second-order valence-corrected chi connectivity index (χ2v) is 11.0. The lowest BCUT2D eigenvalue weighted by atomic mass is 10.5. The number of aryl methyl sites for hydroxylation is 2. The molecule has 2 nitrogen and oxygen atoms in total. The van der Waals surface area contributed by atoms with Crippen molar-refractivity contribution in [2.24, 2.45) is 0 Å². The average Bonchev–Trinajstić information content (AvgIpc) is 2.72. The van der Waals surface area contributed by atoms with Crippen molar-refractivity contribution in [3.63, 3.8) is 0 Å². The normalized spacial score (nSPS) is 16.5. The number of thiazole rings is 2. The zero-order valence-corrected chi connectivity index (χ0v) is 11.8. The van der Waals surface area contributed by atoms with Gasteiger partial charge in [0.2, 0.25) is 0 Å². The quantitative estimate of drug-likeness (QED) is 0.670. The lowest BCUT2D eigenvalue weighted by molar-refractivity contribution is 1.31. The van der Waals surface area contributed by atoms with Crippen molar-refractivity contribution in [1.82, 2.24) is 9.97 Å². The molecule has 0 N–H and O–H groups in total. The Labute approximate surface area is 98.0 Å². The minimum atomic E-state index is -1.54. The van der Waals surface area contributed by atoms with Crippen molar-refractivity contribution >= 4 is 41.4 Å². The first-order chi connectivity index (χ1) is 7.00. The first kappa shape index (κ1) is 9.69. The van der Waals surface area contributed by atoms with E-state index in [0.717, 1.165) is 0 Å². The third-order valence-electron chi connectivity index (χ3n) is 2.86. The summed E-state index contributed by atoms with van der Waals surface area (Å²) in [6, 6.07) is 0. The highest BCUT2D eigenvalue weighted by Crippen LogP contribution is 2.35. The fourth-order valence-electron chi connectivity index (χ4n) is 2.12. The molecule has 1 aliphatic heterocycles. The summed E-state index contributed by atoms with van der Waals surface area (Å²) >= 11 is 3.66. The molecule has 0 aromatic carbocycles. The molecule has 3 rings (SSSR count). The van der Waals surface area contributed by atoms with Gasteiger partial charge in [0, 0.05) is 0 Å². The summed E-state index contributed by atoms with van der Waals surface area (Å²) in [5.74, 6) is 0. The predicted molar refractivity (Wildman–Crippen MR) is 69.4 cm³/mol. The number of rotatable bonds is 0. The van der Waals surface area contributed by atoms with Gasteiger partial charge in [0.1, 0.15) is 0 Å². The molecule has 0 aliphatic carbocycles. The number of hydrogen-bond donors (Lipinski definition) is 0. The SMILES string of the molecule is Cc1nc2c(s1)-c1sc(C)nc1[Si]2(C)C. The third kappa shape index (κ3) is 1.14. The Kier molecular flexibility index (Phi) is 1.79. The van der Waals surface area contributed by atoms with Gasteiger partial charge >= 0.3 is 0 Å². The fraction of sp³-hybridized carbons (Fsp3) is 0.400. The molecule has 2 aromatic heterocycles. The van der Waals surface area contributed by atoms with Gasteiger partial charge in [0.25, 0.3) is 0 Å². The number of fused-ring (bicyclic) bond motifs is 3. The summed E-state index contributed by atoms with van der Waals surface area (Å²) in [6.07, 6.45) is 0. The molecule has 0 fully saturated rings.